The lowest BCUT2D eigenvalue weighted by atomic mass is 9.83. The van der Waals surface area contributed by atoms with E-state index in [9.17, 15) is 10.2 Å². The van der Waals surface area contributed by atoms with E-state index in [-0.39, 0.29) is 13.2 Å². The van der Waals surface area contributed by atoms with E-state index in [0.29, 0.717) is 0 Å². The topological polar surface area (TPSA) is 40.5 Å². The van der Waals surface area contributed by atoms with Crippen LogP contribution in [0.2, 0.25) is 0 Å². The zero-order chi connectivity index (χ0) is 13.4. The van der Waals surface area contributed by atoms with Gasteiger partial charge < -0.3 is 10.2 Å². The number of aliphatic hydroxyl groups excluding tert-OH is 2. The molecule has 2 N–H and O–H groups in total. The summed E-state index contributed by atoms with van der Waals surface area (Å²) in [6.07, 6.45) is 8.72. The van der Waals surface area contributed by atoms with Gasteiger partial charge in [0.25, 0.3) is 0 Å². The number of hydrogen-bond acceptors (Lipinski definition) is 2. The predicted octanol–water partition coefficient (Wildman–Crippen LogP) is 3.74. The third kappa shape index (κ3) is 3.96. The first-order chi connectivity index (χ1) is 8.78. The monoisotopic (exact) mass is 252 g/mol. The van der Waals surface area contributed by atoms with Gasteiger partial charge in [-0.3, -0.25) is 0 Å². The Kier molecular flexibility index (Phi) is 7.29. The van der Waals surface area contributed by atoms with E-state index >= 15 is 0 Å². The Hall–Kier alpha value is -0.600. The van der Waals surface area contributed by atoms with Crippen LogP contribution in [0.25, 0.3) is 0 Å². The second kappa shape index (κ2) is 8.49. The summed E-state index contributed by atoms with van der Waals surface area (Å²) in [6.45, 7) is 4.70. The third-order valence-electron chi connectivity index (χ3n) is 3.81. The molecule has 0 fully saturated rings. The Balaban J connectivity index is 3.12. The van der Waals surface area contributed by atoms with E-state index in [1.807, 2.05) is 0 Å². The van der Waals surface area contributed by atoms with Crippen LogP contribution < -0.4 is 0 Å². The Morgan fingerprint density at radius 1 is 1.00 bits per heavy atom. The largest absolute Gasteiger partial charge is 0.392 e. The van der Waals surface area contributed by atoms with Crippen LogP contribution in [0.3, 0.4) is 0 Å². The van der Waals surface area contributed by atoms with Crippen molar-refractivity contribution in [3.63, 3.8) is 0 Å². The number of rotatable bonds is 7. The average molecular weight is 252 g/mol. The average Bonchev–Trinajstić information content (AvgIpc) is 2.42. The molecule has 18 heavy (non-hydrogen) atoms. The smallest absolute Gasteiger partial charge is 0.0647 e. The van der Waals surface area contributed by atoms with Gasteiger partial charge in [0, 0.05) is 0 Å². The summed E-state index contributed by atoms with van der Waals surface area (Å²) < 4.78 is 0. The molecule has 1 aliphatic carbocycles. The molecule has 0 aliphatic heterocycles. The van der Waals surface area contributed by atoms with Crippen LogP contribution >= 0.6 is 0 Å². The first-order valence-electron chi connectivity index (χ1n) is 7.42. The van der Waals surface area contributed by atoms with Crippen LogP contribution in [0.1, 0.15) is 65.2 Å². The second-order valence-corrected chi connectivity index (χ2v) is 5.19. The van der Waals surface area contributed by atoms with E-state index in [1.54, 1.807) is 0 Å². The predicted molar refractivity (Wildman–Crippen MR) is 76.5 cm³/mol. The SMILES string of the molecule is CCC/C(CO)=C(\CCC)C1=C(CO)CCCC1. The van der Waals surface area contributed by atoms with Gasteiger partial charge in [0.05, 0.1) is 13.2 Å². The maximum absolute atomic E-state index is 9.60. The molecule has 1 rings (SSSR count). The minimum Gasteiger partial charge on any atom is -0.392 e. The first-order valence-corrected chi connectivity index (χ1v) is 7.42. The molecule has 0 radical (unpaired) electrons. The molecule has 104 valence electrons. The van der Waals surface area contributed by atoms with Crippen LogP contribution in [0.5, 0.6) is 0 Å². The maximum Gasteiger partial charge on any atom is 0.0647 e. The standard InChI is InChI=1S/C16H28O2/c1-3-7-13(11-17)15(8-4-2)16-10-6-5-9-14(16)12-18/h17-18H,3-12H2,1-2H3/b15-13-. The van der Waals surface area contributed by atoms with Gasteiger partial charge in [0.2, 0.25) is 0 Å². The van der Waals surface area contributed by atoms with Crippen molar-refractivity contribution in [1.82, 2.24) is 0 Å². The summed E-state index contributed by atoms with van der Waals surface area (Å²) >= 11 is 0. The van der Waals surface area contributed by atoms with Crippen LogP contribution in [-0.4, -0.2) is 23.4 Å². The molecular formula is C16H28O2. The fraction of sp³-hybridized carbons (Fsp3) is 0.750. The van der Waals surface area contributed by atoms with Gasteiger partial charge in [-0.05, 0) is 60.8 Å². The van der Waals surface area contributed by atoms with Crippen molar-refractivity contribution in [3.05, 3.63) is 22.3 Å². The molecule has 2 heteroatoms. The van der Waals surface area contributed by atoms with Crippen LogP contribution in [-0.2, 0) is 0 Å². The lowest BCUT2D eigenvalue weighted by Gasteiger charge is -2.24. The number of allylic oxidation sites excluding steroid dienone is 2. The van der Waals surface area contributed by atoms with Gasteiger partial charge >= 0.3 is 0 Å². The molecule has 0 saturated heterocycles. The molecule has 0 unspecified atom stereocenters. The summed E-state index contributed by atoms with van der Waals surface area (Å²) in [5.41, 5.74) is 5.13. The van der Waals surface area contributed by atoms with Crippen molar-refractivity contribution in [2.45, 2.75) is 65.2 Å². The molecule has 0 aromatic carbocycles. The Morgan fingerprint density at radius 3 is 2.22 bits per heavy atom. The summed E-state index contributed by atoms with van der Waals surface area (Å²) in [5, 5.41) is 19.1. The summed E-state index contributed by atoms with van der Waals surface area (Å²) in [4.78, 5) is 0. The lowest BCUT2D eigenvalue weighted by Crippen LogP contribution is -2.09. The van der Waals surface area contributed by atoms with E-state index < -0.39 is 0 Å². The second-order valence-electron chi connectivity index (χ2n) is 5.19. The molecule has 0 heterocycles. The van der Waals surface area contributed by atoms with Crippen molar-refractivity contribution in [1.29, 1.82) is 0 Å². The Bertz CT molecular complexity index is 313. The van der Waals surface area contributed by atoms with Crippen LogP contribution in [0, 0.1) is 0 Å². The zero-order valence-electron chi connectivity index (χ0n) is 12.0. The minimum atomic E-state index is 0.172. The van der Waals surface area contributed by atoms with Gasteiger partial charge in [0.1, 0.15) is 0 Å². The van der Waals surface area contributed by atoms with Gasteiger partial charge in [-0.15, -0.1) is 0 Å². The molecule has 0 aromatic rings. The van der Waals surface area contributed by atoms with E-state index in [2.05, 4.69) is 13.8 Å². The minimum absolute atomic E-state index is 0.172. The zero-order valence-corrected chi connectivity index (χ0v) is 12.0. The number of aliphatic hydroxyl groups is 2. The fourth-order valence-electron chi connectivity index (χ4n) is 2.92. The van der Waals surface area contributed by atoms with Gasteiger partial charge in [-0.25, -0.2) is 0 Å². The van der Waals surface area contributed by atoms with Crippen molar-refractivity contribution in [2.24, 2.45) is 0 Å². The first kappa shape index (κ1) is 15.5. The molecule has 0 bridgehead atoms. The van der Waals surface area contributed by atoms with Crippen molar-refractivity contribution in [2.75, 3.05) is 13.2 Å². The van der Waals surface area contributed by atoms with Crippen molar-refractivity contribution in [3.8, 4) is 0 Å². The Morgan fingerprint density at radius 2 is 1.67 bits per heavy atom. The van der Waals surface area contributed by atoms with Gasteiger partial charge in [-0.1, -0.05) is 26.7 Å². The fourth-order valence-corrected chi connectivity index (χ4v) is 2.92. The summed E-state index contributed by atoms with van der Waals surface area (Å²) in [5.74, 6) is 0. The molecule has 0 aromatic heterocycles. The molecule has 0 amide bonds. The molecule has 0 atom stereocenters. The lowest BCUT2D eigenvalue weighted by molar-refractivity contribution is 0.318. The van der Waals surface area contributed by atoms with Crippen LogP contribution in [0.4, 0.5) is 0 Å². The molecule has 0 saturated carbocycles. The highest BCUT2D eigenvalue weighted by atomic mass is 16.3. The summed E-state index contributed by atoms with van der Waals surface area (Å²) in [6, 6.07) is 0. The van der Waals surface area contributed by atoms with Gasteiger partial charge in [-0.2, -0.15) is 0 Å². The van der Waals surface area contributed by atoms with Crippen LogP contribution in [0.15, 0.2) is 22.3 Å². The van der Waals surface area contributed by atoms with Gasteiger partial charge in [0.15, 0.2) is 0 Å². The third-order valence-corrected chi connectivity index (χ3v) is 3.81. The molecular weight excluding hydrogens is 224 g/mol. The normalized spacial score (nSPS) is 18.0. The highest BCUT2D eigenvalue weighted by molar-refractivity contribution is 5.40. The van der Waals surface area contributed by atoms with Crippen molar-refractivity contribution < 1.29 is 10.2 Å². The molecule has 1 aliphatic rings. The van der Waals surface area contributed by atoms with E-state index in [4.69, 9.17) is 0 Å². The highest BCUT2D eigenvalue weighted by Crippen LogP contribution is 2.34. The molecule has 2 nitrogen and oxygen atoms in total. The Labute approximate surface area is 111 Å². The quantitative estimate of drug-likeness (QED) is 0.724. The summed E-state index contributed by atoms with van der Waals surface area (Å²) in [7, 11) is 0. The van der Waals surface area contributed by atoms with E-state index in [1.165, 1.54) is 35.1 Å². The maximum atomic E-state index is 9.60. The van der Waals surface area contributed by atoms with Crippen molar-refractivity contribution >= 4 is 0 Å². The molecule has 0 spiro atoms. The van der Waals surface area contributed by atoms with E-state index in [0.717, 1.165) is 38.5 Å². The number of hydrogen-bond donors (Lipinski definition) is 2. The highest BCUT2D eigenvalue weighted by Gasteiger charge is 2.17.